The number of rotatable bonds is 5. The molecular weight excluding hydrogens is 500 g/mol. The van der Waals surface area contributed by atoms with Crippen LogP contribution in [0.2, 0.25) is 0 Å². The topological polar surface area (TPSA) is 68.3 Å². The average molecular weight is 539 g/mol. The Morgan fingerprint density at radius 3 is 2.30 bits per heavy atom. The standard InChI is InChI=1S/C33H38N4O3/c1-35(2)22-30-32(26-13-11-25(12-14-26)10-9-24-7-5-4-6-8-24)31-23-36(20-19-28(38)21-37(30)31)33(39)34-27-15-17-29(40-3)18-16-27/h4-8,11-18,28,30-32,38H,19-23H2,1-3H3,(H,34,39)/t28?,30-,31?,32+/m1/s1. The third-order valence-electron chi connectivity index (χ3n) is 7.84. The zero-order valence-electron chi connectivity index (χ0n) is 23.5. The Hall–Kier alpha value is -3.83. The van der Waals surface area contributed by atoms with Gasteiger partial charge >= 0.3 is 6.03 Å². The molecule has 5 rings (SSSR count). The maximum absolute atomic E-state index is 13.4. The molecule has 0 spiro atoms. The second-order valence-corrected chi connectivity index (χ2v) is 10.9. The van der Waals surface area contributed by atoms with Crippen LogP contribution < -0.4 is 10.1 Å². The molecule has 0 saturated carbocycles. The second-order valence-electron chi connectivity index (χ2n) is 10.9. The zero-order chi connectivity index (χ0) is 28.1. The number of fused-ring (bicyclic) bond motifs is 1. The van der Waals surface area contributed by atoms with Crippen LogP contribution in [-0.2, 0) is 0 Å². The fourth-order valence-electron chi connectivity index (χ4n) is 5.81. The number of likely N-dealkylation sites (N-methyl/N-ethyl adjacent to an activating group) is 1. The molecule has 0 aromatic heterocycles. The van der Waals surface area contributed by atoms with Crippen molar-refractivity contribution in [3.8, 4) is 17.6 Å². The molecule has 2 unspecified atom stereocenters. The lowest BCUT2D eigenvalue weighted by Crippen LogP contribution is -2.70. The van der Waals surface area contributed by atoms with Gasteiger partial charge in [0.25, 0.3) is 0 Å². The van der Waals surface area contributed by atoms with E-state index in [1.54, 1.807) is 7.11 Å². The first-order chi connectivity index (χ1) is 19.4. The summed E-state index contributed by atoms with van der Waals surface area (Å²) in [7, 11) is 5.79. The van der Waals surface area contributed by atoms with Crippen LogP contribution >= 0.6 is 0 Å². The van der Waals surface area contributed by atoms with Crippen LogP contribution in [0.15, 0.2) is 78.9 Å². The zero-order valence-corrected chi connectivity index (χ0v) is 23.5. The van der Waals surface area contributed by atoms with Crippen molar-refractivity contribution in [2.45, 2.75) is 30.5 Å². The van der Waals surface area contributed by atoms with E-state index in [4.69, 9.17) is 4.74 Å². The molecule has 2 heterocycles. The van der Waals surface area contributed by atoms with E-state index in [1.807, 2.05) is 59.5 Å². The van der Waals surface area contributed by atoms with Crippen molar-refractivity contribution in [2.75, 3.05) is 52.7 Å². The molecule has 4 atom stereocenters. The van der Waals surface area contributed by atoms with Gasteiger partial charge in [0, 0.05) is 61.0 Å². The van der Waals surface area contributed by atoms with Crippen LogP contribution in [0.5, 0.6) is 5.75 Å². The highest BCUT2D eigenvalue weighted by Gasteiger charge is 2.50. The van der Waals surface area contributed by atoms with Crippen molar-refractivity contribution >= 4 is 11.7 Å². The Morgan fingerprint density at radius 2 is 1.65 bits per heavy atom. The van der Waals surface area contributed by atoms with Crippen molar-refractivity contribution in [2.24, 2.45) is 0 Å². The Kier molecular flexibility index (Phi) is 8.71. The van der Waals surface area contributed by atoms with Crippen molar-refractivity contribution in [1.29, 1.82) is 0 Å². The molecule has 2 N–H and O–H groups in total. The number of ether oxygens (including phenoxy) is 1. The minimum absolute atomic E-state index is 0.114. The predicted octanol–water partition coefficient (Wildman–Crippen LogP) is 4.09. The molecule has 2 fully saturated rings. The van der Waals surface area contributed by atoms with Crippen LogP contribution in [0, 0.1) is 11.8 Å². The number of anilines is 1. The first kappa shape index (κ1) is 27.7. The van der Waals surface area contributed by atoms with Crippen LogP contribution in [0.3, 0.4) is 0 Å². The summed E-state index contributed by atoms with van der Waals surface area (Å²) in [6.45, 7) is 2.60. The second kappa shape index (κ2) is 12.6. The molecule has 2 aliphatic rings. The molecule has 0 aliphatic carbocycles. The van der Waals surface area contributed by atoms with E-state index < -0.39 is 6.10 Å². The predicted molar refractivity (Wildman–Crippen MR) is 159 cm³/mol. The number of methoxy groups -OCH3 is 1. The number of nitrogens with one attached hydrogen (secondary N) is 1. The van der Waals surface area contributed by atoms with Crippen LogP contribution in [-0.4, -0.2) is 91.4 Å². The Balaban J connectivity index is 1.36. The first-order valence-corrected chi connectivity index (χ1v) is 13.9. The summed E-state index contributed by atoms with van der Waals surface area (Å²) in [5.41, 5.74) is 3.92. The highest BCUT2D eigenvalue weighted by molar-refractivity contribution is 5.89. The SMILES string of the molecule is COc1ccc(NC(=O)N2CCC(O)CN3C(C2)[C@@H](c2ccc(C#Cc4ccccc4)cc2)[C@H]3CN(C)C)cc1. The monoisotopic (exact) mass is 538 g/mol. The average Bonchev–Trinajstić information content (AvgIpc) is 2.96. The Morgan fingerprint density at radius 1 is 0.975 bits per heavy atom. The van der Waals surface area contributed by atoms with Gasteiger partial charge in [-0.1, -0.05) is 42.2 Å². The Labute approximate surface area is 237 Å². The summed E-state index contributed by atoms with van der Waals surface area (Å²) < 4.78 is 5.23. The van der Waals surface area contributed by atoms with Crippen molar-refractivity contribution < 1.29 is 14.6 Å². The molecule has 0 bridgehead atoms. The quantitative estimate of drug-likeness (QED) is 0.479. The van der Waals surface area contributed by atoms with E-state index in [0.717, 1.165) is 23.4 Å². The van der Waals surface area contributed by atoms with Crippen molar-refractivity contribution in [3.05, 3.63) is 95.6 Å². The number of hydrogen-bond acceptors (Lipinski definition) is 5. The van der Waals surface area contributed by atoms with Gasteiger partial charge in [-0.15, -0.1) is 0 Å². The summed E-state index contributed by atoms with van der Waals surface area (Å²) >= 11 is 0. The summed E-state index contributed by atoms with van der Waals surface area (Å²) in [6, 6.07) is 26.1. The van der Waals surface area contributed by atoms with E-state index in [-0.39, 0.29) is 24.0 Å². The summed E-state index contributed by atoms with van der Waals surface area (Å²) in [6.07, 6.45) is 0.0632. The number of hydrogen-bond donors (Lipinski definition) is 2. The van der Waals surface area contributed by atoms with Gasteiger partial charge in [-0.05, 0) is 74.6 Å². The van der Waals surface area contributed by atoms with E-state index in [0.29, 0.717) is 31.7 Å². The fourth-order valence-corrected chi connectivity index (χ4v) is 5.81. The highest BCUT2D eigenvalue weighted by atomic mass is 16.5. The van der Waals surface area contributed by atoms with Gasteiger partial charge in [-0.25, -0.2) is 4.79 Å². The van der Waals surface area contributed by atoms with E-state index in [1.165, 1.54) is 5.56 Å². The number of nitrogens with zero attached hydrogens (tertiary/aromatic N) is 3. The van der Waals surface area contributed by atoms with Gasteiger partial charge in [-0.3, -0.25) is 4.90 Å². The smallest absolute Gasteiger partial charge is 0.321 e. The minimum atomic E-state index is -0.486. The lowest BCUT2D eigenvalue weighted by atomic mass is 9.73. The van der Waals surface area contributed by atoms with Crippen LogP contribution in [0.4, 0.5) is 10.5 Å². The number of aliphatic hydroxyl groups is 1. The van der Waals surface area contributed by atoms with Gasteiger partial charge in [0.05, 0.1) is 13.2 Å². The molecule has 7 heteroatoms. The third-order valence-corrected chi connectivity index (χ3v) is 7.84. The molecule has 2 amide bonds. The number of urea groups is 1. The fraction of sp³-hybridized carbons (Fsp3) is 0.364. The molecular formula is C33H38N4O3. The van der Waals surface area contributed by atoms with Gasteiger partial charge in [0.15, 0.2) is 0 Å². The number of benzene rings is 3. The number of aliphatic hydroxyl groups excluding tert-OH is 1. The van der Waals surface area contributed by atoms with Gasteiger partial charge in [0.2, 0.25) is 0 Å². The van der Waals surface area contributed by atoms with E-state index in [2.05, 4.69) is 65.3 Å². The molecule has 2 saturated heterocycles. The minimum Gasteiger partial charge on any atom is -0.497 e. The molecule has 208 valence electrons. The summed E-state index contributed by atoms with van der Waals surface area (Å²) in [5.74, 6) is 7.48. The van der Waals surface area contributed by atoms with Gasteiger partial charge in [0.1, 0.15) is 5.75 Å². The lowest BCUT2D eigenvalue weighted by Gasteiger charge is -2.58. The molecule has 3 aromatic rings. The van der Waals surface area contributed by atoms with Crippen molar-refractivity contribution in [1.82, 2.24) is 14.7 Å². The molecule has 3 aromatic carbocycles. The van der Waals surface area contributed by atoms with Crippen LogP contribution in [0.1, 0.15) is 29.0 Å². The van der Waals surface area contributed by atoms with E-state index in [9.17, 15) is 9.90 Å². The van der Waals surface area contributed by atoms with Crippen molar-refractivity contribution in [3.63, 3.8) is 0 Å². The normalized spacial score (nSPS) is 22.7. The highest BCUT2D eigenvalue weighted by Crippen LogP contribution is 2.42. The number of carbonyl (C=O) groups excluding carboxylic acids is 1. The van der Waals surface area contributed by atoms with Crippen LogP contribution in [0.25, 0.3) is 0 Å². The molecule has 2 aliphatic heterocycles. The van der Waals surface area contributed by atoms with E-state index >= 15 is 0 Å². The maximum atomic E-state index is 13.4. The number of carbonyl (C=O) groups is 1. The molecule has 40 heavy (non-hydrogen) atoms. The van der Waals surface area contributed by atoms with Gasteiger partial charge < -0.3 is 25.0 Å². The molecule has 7 nitrogen and oxygen atoms in total. The van der Waals surface area contributed by atoms with Gasteiger partial charge in [-0.2, -0.15) is 0 Å². The molecule has 0 radical (unpaired) electrons. The summed E-state index contributed by atoms with van der Waals surface area (Å²) in [4.78, 5) is 19.8. The maximum Gasteiger partial charge on any atom is 0.321 e. The lowest BCUT2D eigenvalue weighted by molar-refractivity contribution is -0.0735. The first-order valence-electron chi connectivity index (χ1n) is 13.9. The third kappa shape index (κ3) is 6.48. The Bertz CT molecular complexity index is 1330. The number of amides is 2. The summed E-state index contributed by atoms with van der Waals surface area (Å²) in [5, 5.41) is 13.9. The largest absolute Gasteiger partial charge is 0.497 e.